The number of amides is 2. The minimum absolute atomic E-state index is 0.0736. The van der Waals surface area contributed by atoms with E-state index in [0.717, 1.165) is 15.4 Å². The van der Waals surface area contributed by atoms with Crippen LogP contribution in [0.2, 0.25) is 5.02 Å². The van der Waals surface area contributed by atoms with E-state index in [0.29, 0.717) is 22.9 Å². The van der Waals surface area contributed by atoms with Gasteiger partial charge in [0.15, 0.2) is 11.5 Å². The number of anilines is 1. The van der Waals surface area contributed by atoms with Crippen LogP contribution in [0.3, 0.4) is 0 Å². The first-order valence-corrected chi connectivity index (χ1v) is 15.7. The number of halogens is 1. The Morgan fingerprint density at radius 1 is 0.930 bits per heavy atom. The zero-order chi connectivity index (χ0) is 31.9. The summed E-state index contributed by atoms with van der Waals surface area (Å²) >= 11 is 6.09. The largest absolute Gasteiger partial charge is 0.493 e. The molecule has 0 radical (unpaired) electrons. The van der Waals surface area contributed by atoms with E-state index in [-0.39, 0.29) is 23.1 Å². The summed E-state index contributed by atoms with van der Waals surface area (Å²) in [6.45, 7) is 8.80. The van der Waals surface area contributed by atoms with Crippen molar-refractivity contribution in [2.75, 3.05) is 25.1 Å². The molecule has 0 bridgehead atoms. The lowest BCUT2D eigenvalue weighted by atomic mass is 10.1. The number of carbonyl (C=O) groups is 2. The molecular formula is C32H40ClN3O6S. The predicted molar refractivity (Wildman–Crippen MR) is 169 cm³/mol. The van der Waals surface area contributed by atoms with E-state index in [1.165, 1.54) is 37.3 Å². The van der Waals surface area contributed by atoms with Gasteiger partial charge in [-0.2, -0.15) is 0 Å². The van der Waals surface area contributed by atoms with Crippen LogP contribution in [-0.2, 0) is 26.2 Å². The summed E-state index contributed by atoms with van der Waals surface area (Å²) < 4.78 is 40.0. The molecule has 1 N–H and O–H groups in total. The van der Waals surface area contributed by atoms with Gasteiger partial charge in [0.25, 0.3) is 10.0 Å². The van der Waals surface area contributed by atoms with Crippen LogP contribution >= 0.6 is 11.6 Å². The molecule has 0 saturated carbocycles. The highest BCUT2D eigenvalue weighted by Crippen LogP contribution is 2.32. The van der Waals surface area contributed by atoms with Crippen molar-refractivity contribution in [3.63, 3.8) is 0 Å². The normalized spacial score (nSPS) is 12.3. The first kappa shape index (κ1) is 33.7. The molecule has 3 rings (SSSR count). The minimum Gasteiger partial charge on any atom is -0.493 e. The average molecular weight is 630 g/mol. The third-order valence-corrected chi connectivity index (χ3v) is 8.72. The summed E-state index contributed by atoms with van der Waals surface area (Å²) in [4.78, 5) is 29.0. The SMILES string of the molecule is CC[C@H](C(=O)NC(C)(C)C)N(Cc1ccc(Cl)cc1)C(=O)CN(c1ccc(C)cc1)S(=O)(=O)c1ccc(OC)c(OC)c1. The highest BCUT2D eigenvalue weighted by molar-refractivity contribution is 7.92. The molecule has 9 nitrogen and oxygen atoms in total. The lowest BCUT2D eigenvalue weighted by Gasteiger charge is -2.34. The van der Waals surface area contributed by atoms with Gasteiger partial charge in [-0.3, -0.25) is 13.9 Å². The maximum absolute atomic E-state index is 14.2. The fourth-order valence-corrected chi connectivity index (χ4v) is 6.06. The molecule has 0 spiro atoms. The highest BCUT2D eigenvalue weighted by atomic mass is 35.5. The topological polar surface area (TPSA) is 105 Å². The molecule has 0 aliphatic carbocycles. The van der Waals surface area contributed by atoms with Crippen LogP contribution in [-0.4, -0.2) is 57.5 Å². The van der Waals surface area contributed by atoms with Gasteiger partial charge in [0.2, 0.25) is 11.8 Å². The van der Waals surface area contributed by atoms with Gasteiger partial charge in [-0.25, -0.2) is 8.42 Å². The molecule has 0 saturated heterocycles. The van der Waals surface area contributed by atoms with Crippen LogP contribution in [0.4, 0.5) is 5.69 Å². The van der Waals surface area contributed by atoms with Gasteiger partial charge >= 0.3 is 0 Å². The van der Waals surface area contributed by atoms with Crippen LogP contribution in [0, 0.1) is 6.92 Å². The summed E-state index contributed by atoms with van der Waals surface area (Å²) in [5.74, 6) is -0.283. The first-order chi connectivity index (χ1) is 20.2. The lowest BCUT2D eigenvalue weighted by molar-refractivity contribution is -0.141. The monoisotopic (exact) mass is 629 g/mol. The molecule has 0 aliphatic rings. The molecule has 0 heterocycles. The van der Waals surface area contributed by atoms with Gasteiger partial charge in [-0.15, -0.1) is 0 Å². The molecule has 2 amide bonds. The van der Waals surface area contributed by atoms with Crippen molar-refractivity contribution < 1.29 is 27.5 Å². The maximum atomic E-state index is 14.2. The van der Waals surface area contributed by atoms with E-state index in [2.05, 4.69) is 5.32 Å². The molecule has 0 aromatic heterocycles. The third-order valence-electron chi connectivity index (χ3n) is 6.69. The van der Waals surface area contributed by atoms with Crippen LogP contribution in [0.1, 0.15) is 45.2 Å². The van der Waals surface area contributed by atoms with E-state index in [9.17, 15) is 18.0 Å². The Labute approximate surface area is 259 Å². The van der Waals surface area contributed by atoms with Crippen molar-refractivity contribution in [2.45, 2.75) is 64.1 Å². The smallest absolute Gasteiger partial charge is 0.264 e. The Morgan fingerprint density at radius 3 is 2.07 bits per heavy atom. The van der Waals surface area contributed by atoms with Crippen LogP contribution in [0.15, 0.2) is 71.6 Å². The van der Waals surface area contributed by atoms with Gasteiger partial charge in [0, 0.05) is 23.2 Å². The Kier molecular flexibility index (Phi) is 11.1. The van der Waals surface area contributed by atoms with Crippen LogP contribution in [0.25, 0.3) is 0 Å². The minimum atomic E-state index is -4.28. The molecule has 11 heteroatoms. The number of sulfonamides is 1. The van der Waals surface area contributed by atoms with Crippen LogP contribution in [0.5, 0.6) is 11.5 Å². The Bertz CT molecular complexity index is 1520. The van der Waals surface area contributed by atoms with Crippen molar-refractivity contribution >= 4 is 39.1 Å². The molecule has 0 aliphatic heterocycles. The second-order valence-corrected chi connectivity index (χ2v) is 13.5. The summed E-state index contributed by atoms with van der Waals surface area (Å²) in [7, 11) is -1.41. The fourth-order valence-electron chi connectivity index (χ4n) is 4.50. The Morgan fingerprint density at radius 2 is 1.53 bits per heavy atom. The zero-order valence-corrected chi connectivity index (χ0v) is 27.3. The average Bonchev–Trinajstić information content (AvgIpc) is 2.95. The highest BCUT2D eigenvalue weighted by Gasteiger charge is 2.35. The fraction of sp³-hybridized carbons (Fsp3) is 0.375. The third kappa shape index (κ3) is 8.64. The molecule has 0 fully saturated rings. The number of hydrogen-bond acceptors (Lipinski definition) is 6. The van der Waals surface area contributed by atoms with Gasteiger partial charge in [0.05, 0.1) is 24.8 Å². The maximum Gasteiger partial charge on any atom is 0.264 e. The number of nitrogens with zero attached hydrogens (tertiary/aromatic N) is 2. The Balaban J connectivity index is 2.10. The van der Waals surface area contributed by atoms with Crippen LogP contribution < -0.4 is 19.1 Å². The van der Waals surface area contributed by atoms with E-state index >= 15 is 0 Å². The second kappa shape index (κ2) is 14.1. The van der Waals surface area contributed by atoms with Gasteiger partial charge in [-0.1, -0.05) is 48.4 Å². The van der Waals surface area contributed by atoms with Crippen molar-refractivity contribution in [3.05, 3.63) is 82.9 Å². The van der Waals surface area contributed by atoms with Crippen molar-refractivity contribution in [1.82, 2.24) is 10.2 Å². The summed E-state index contributed by atoms with van der Waals surface area (Å²) in [5, 5.41) is 3.49. The molecule has 43 heavy (non-hydrogen) atoms. The summed E-state index contributed by atoms with van der Waals surface area (Å²) in [6, 6.07) is 17.2. The summed E-state index contributed by atoms with van der Waals surface area (Å²) in [5.41, 5.74) is 1.43. The molecule has 232 valence electrons. The first-order valence-electron chi connectivity index (χ1n) is 13.9. The van der Waals surface area contributed by atoms with Gasteiger partial charge in [-0.05, 0) is 76.1 Å². The molecule has 1 atom stereocenters. The van der Waals surface area contributed by atoms with E-state index in [1.807, 2.05) is 34.6 Å². The number of benzene rings is 3. The molecule has 0 unspecified atom stereocenters. The number of carbonyl (C=O) groups excluding carboxylic acids is 2. The van der Waals surface area contributed by atoms with Crippen molar-refractivity contribution in [3.8, 4) is 11.5 Å². The van der Waals surface area contributed by atoms with Crippen molar-refractivity contribution in [2.24, 2.45) is 0 Å². The van der Waals surface area contributed by atoms with Gasteiger partial charge < -0.3 is 19.7 Å². The number of ether oxygens (including phenoxy) is 2. The number of rotatable bonds is 12. The van der Waals surface area contributed by atoms with Crippen molar-refractivity contribution in [1.29, 1.82) is 0 Å². The van der Waals surface area contributed by atoms with E-state index in [1.54, 1.807) is 48.5 Å². The summed E-state index contributed by atoms with van der Waals surface area (Å²) in [6.07, 6.45) is 0.314. The number of aryl methyl sites for hydroxylation is 1. The second-order valence-electron chi connectivity index (χ2n) is 11.2. The quantitative estimate of drug-likeness (QED) is 0.280. The van der Waals surface area contributed by atoms with E-state index in [4.69, 9.17) is 21.1 Å². The number of hydrogen-bond donors (Lipinski definition) is 1. The molecular weight excluding hydrogens is 590 g/mol. The molecule has 3 aromatic rings. The standard InChI is InChI=1S/C32H40ClN3O6S/c1-8-27(31(38)34-32(3,4)5)35(20-23-11-13-24(33)14-12-23)30(37)21-36(25-15-9-22(2)10-16-25)43(39,40)26-17-18-28(41-6)29(19-26)42-7/h9-19,27H,8,20-21H2,1-7H3,(H,34,38)/t27-/m1/s1. The number of methoxy groups -OCH3 is 2. The lowest BCUT2D eigenvalue weighted by Crippen LogP contribution is -2.55. The predicted octanol–water partition coefficient (Wildman–Crippen LogP) is 5.58. The molecule has 3 aromatic carbocycles. The zero-order valence-electron chi connectivity index (χ0n) is 25.7. The van der Waals surface area contributed by atoms with Gasteiger partial charge in [0.1, 0.15) is 12.6 Å². The van der Waals surface area contributed by atoms with E-state index < -0.39 is 34.1 Å². The Hall–Kier alpha value is -3.76. The number of nitrogens with one attached hydrogen (secondary N) is 1.